The molecule has 1 N–H and O–H groups in total. The highest BCUT2D eigenvalue weighted by Gasteiger charge is 2.37. The van der Waals surface area contributed by atoms with Crippen LogP contribution < -0.4 is 10.2 Å². The number of anilines is 1. The van der Waals surface area contributed by atoms with Gasteiger partial charge in [-0.05, 0) is 6.92 Å². The number of hydrogen-bond acceptors (Lipinski definition) is 4. The summed E-state index contributed by atoms with van der Waals surface area (Å²) >= 11 is 1.26. The van der Waals surface area contributed by atoms with Crippen LogP contribution in [0.2, 0.25) is 0 Å². The lowest BCUT2D eigenvalue weighted by molar-refractivity contribution is -0.117. The first kappa shape index (κ1) is 8.18. The molecule has 2 rings (SSSR count). The van der Waals surface area contributed by atoms with E-state index in [9.17, 15) is 9.59 Å². The molecular formula is C7H7N3O2S. The van der Waals surface area contributed by atoms with Crippen molar-refractivity contribution in [1.82, 2.24) is 10.3 Å². The van der Waals surface area contributed by atoms with Gasteiger partial charge in [-0.2, -0.15) is 0 Å². The van der Waals surface area contributed by atoms with Crippen molar-refractivity contribution in [3.05, 3.63) is 11.6 Å². The van der Waals surface area contributed by atoms with Gasteiger partial charge in [0, 0.05) is 11.6 Å². The number of rotatable bonds is 1. The molecule has 1 aliphatic rings. The van der Waals surface area contributed by atoms with Crippen molar-refractivity contribution in [2.24, 2.45) is 0 Å². The zero-order valence-electron chi connectivity index (χ0n) is 6.85. The van der Waals surface area contributed by atoms with Gasteiger partial charge in [-0.3, -0.25) is 4.79 Å². The number of hydrogen-bond donors (Lipinski definition) is 1. The van der Waals surface area contributed by atoms with E-state index in [1.807, 2.05) is 0 Å². The molecule has 0 radical (unpaired) electrons. The van der Waals surface area contributed by atoms with E-state index in [2.05, 4.69) is 10.3 Å². The number of thiazole rings is 1. The fourth-order valence-electron chi connectivity index (χ4n) is 1.11. The fourth-order valence-corrected chi connectivity index (χ4v) is 1.76. The van der Waals surface area contributed by atoms with E-state index in [0.29, 0.717) is 5.13 Å². The first-order valence-electron chi connectivity index (χ1n) is 3.74. The SMILES string of the molecule is C[C@H]1NC(=O)N(c2nccs2)C1=O. The molecular weight excluding hydrogens is 190 g/mol. The third-order valence-electron chi connectivity index (χ3n) is 1.74. The van der Waals surface area contributed by atoms with Gasteiger partial charge in [-0.1, -0.05) is 0 Å². The number of nitrogens with one attached hydrogen (secondary N) is 1. The minimum Gasteiger partial charge on any atom is -0.326 e. The van der Waals surface area contributed by atoms with Crippen LogP contribution in [0.3, 0.4) is 0 Å². The molecule has 5 nitrogen and oxygen atoms in total. The maximum absolute atomic E-state index is 11.4. The van der Waals surface area contributed by atoms with Crippen LogP contribution in [0.25, 0.3) is 0 Å². The van der Waals surface area contributed by atoms with Crippen molar-refractivity contribution < 1.29 is 9.59 Å². The van der Waals surface area contributed by atoms with Gasteiger partial charge < -0.3 is 5.32 Å². The minimum absolute atomic E-state index is 0.250. The van der Waals surface area contributed by atoms with Crippen LogP contribution in [-0.2, 0) is 4.79 Å². The van der Waals surface area contributed by atoms with E-state index in [-0.39, 0.29) is 5.91 Å². The minimum atomic E-state index is -0.448. The van der Waals surface area contributed by atoms with E-state index in [4.69, 9.17) is 0 Å². The molecule has 0 aliphatic carbocycles. The van der Waals surface area contributed by atoms with Crippen LogP contribution in [0.4, 0.5) is 9.93 Å². The molecule has 2 heterocycles. The number of nitrogens with zero attached hydrogens (tertiary/aromatic N) is 2. The van der Waals surface area contributed by atoms with Crippen LogP contribution >= 0.6 is 11.3 Å². The molecule has 1 aromatic heterocycles. The molecule has 0 unspecified atom stereocenters. The molecule has 3 amide bonds. The topological polar surface area (TPSA) is 62.3 Å². The van der Waals surface area contributed by atoms with E-state index >= 15 is 0 Å². The second-order valence-corrected chi connectivity index (χ2v) is 3.53. The predicted molar refractivity (Wildman–Crippen MR) is 47.6 cm³/mol. The first-order chi connectivity index (χ1) is 6.20. The average molecular weight is 197 g/mol. The van der Waals surface area contributed by atoms with Crippen LogP contribution in [0, 0.1) is 0 Å². The quantitative estimate of drug-likeness (QED) is 0.670. The molecule has 13 heavy (non-hydrogen) atoms. The zero-order chi connectivity index (χ0) is 9.42. The molecule has 1 aromatic rings. The lowest BCUT2D eigenvalue weighted by atomic mass is 10.3. The standard InChI is InChI=1S/C7H7N3O2S/c1-4-5(11)10(6(12)9-4)7-8-2-3-13-7/h2-4H,1H3,(H,9,12)/t4-/m1/s1. The monoisotopic (exact) mass is 197 g/mol. The van der Waals surface area contributed by atoms with Gasteiger partial charge in [-0.25, -0.2) is 14.7 Å². The fraction of sp³-hybridized carbons (Fsp3) is 0.286. The number of carbonyl (C=O) groups excluding carboxylic acids is 2. The van der Waals surface area contributed by atoms with Gasteiger partial charge in [0.05, 0.1) is 0 Å². The van der Waals surface area contributed by atoms with Crippen molar-refractivity contribution in [2.45, 2.75) is 13.0 Å². The Labute approximate surface area is 78.4 Å². The van der Waals surface area contributed by atoms with Gasteiger partial charge in [0.1, 0.15) is 6.04 Å². The molecule has 68 valence electrons. The van der Waals surface area contributed by atoms with Gasteiger partial charge in [0.25, 0.3) is 5.91 Å². The van der Waals surface area contributed by atoms with Crippen molar-refractivity contribution in [3.63, 3.8) is 0 Å². The van der Waals surface area contributed by atoms with Crippen LogP contribution in [0.1, 0.15) is 6.92 Å². The molecule has 0 saturated carbocycles. The molecule has 0 bridgehead atoms. The highest BCUT2D eigenvalue weighted by atomic mass is 32.1. The number of urea groups is 1. The molecule has 1 saturated heterocycles. The smallest absolute Gasteiger partial charge is 0.326 e. The summed E-state index contributed by atoms with van der Waals surface area (Å²) in [7, 11) is 0. The normalized spacial score (nSPS) is 22.2. The first-order valence-corrected chi connectivity index (χ1v) is 4.62. The summed E-state index contributed by atoms with van der Waals surface area (Å²) in [4.78, 5) is 27.6. The van der Waals surface area contributed by atoms with E-state index in [0.717, 1.165) is 4.90 Å². The Hall–Kier alpha value is -1.43. The molecule has 0 spiro atoms. The summed E-state index contributed by atoms with van der Waals surface area (Å²) in [6.07, 6.45) is 1.56. The maximum Gasteiger partial charge on any atom is 0.331 e. The molecule has 1 atom stereocenters. The summed E-state index contributed by atoms with van der Waals surface area (Å²) in [6.45, 7) is 1.65. The van der Waals surface area contributed by atoms with Gasteiger partial charge >= 0.3 is 6.03 Å². The van der Waals surface area contributed by atoms with Gasteiger partial charge in [0.2, 0.25) is 5.13 Å². The third-order valence-corrected chi connectivity index (χ3v) is 2.50. The van der Waals surface area contributed by atoms with Crippen molar-refractivity contribution in [3.8, 4) is 0 Å². The third kappa shape index (κ3) is 1.19. The van der Waals surface area contributed by atoms with Crippen molar-refractivity contribution in [2.75, 3.05) is 4.90 Å². The number of carbonyl (C=O) groups is 2. The van der Waals surface area contributed by atoms with E-state index in [1.54, 1.807) is 18.5 Å². The Morgan fingerprint density at radius 3 is 2.85 bits per heavy atom. The highest BCUT2D eigenvalue weighted by Crippen LogP contribution is 2.21. The summed E-state index contributed by atoms with van der Waals surface area (Å²) < 4.78 is 0. The Kier molecular flexibility index (Phi) is 1.77. The Balaban J connectivity index is 2.34. The summed E-state index contributed by atoms with van der Waals surface area (Å²) in [5.74, 6) is -0.250. The maximum atomic E-state index is 11.4. The number of aromatic nitrogens is 1. The Bertz CT molecular complexity index is 349. The van der Waals surface area contributed by atoms with Crippen LogP contribution in [-0.4, -0.2) is 23.0 Å². The van der Waals surface area contributed by atoms with Gasteiger partial charge in [0.15, 0.2) is 0 Å². The van der Waals surface area contributed by atoms with Crippen molar-refractivity contribution in [1.29, 1.82) is 0 Å². The molecule has 6 heteroatoms. The lowest BCUT2D eigenvalue weighted by Gasteiger charge is -2.06. The van der Waals surface area contributed by atoms with Crippen LogP contribution in [0.5, 0.6) is 0 Å². The number of imide groups is 1. The summed E-state index contributed by atoms with van der Waals surface area (Å²) in [5, 5.41) is 4.65. The summed E-state index contributed by atoms with van der Waals surface area (Å²) in [5.41, 5.74) is 0. The largest absolute Gasteiger partial charge is 0.331 e. The molecule has 1 aliphatic heterocycles. The van der Waals surface area contributed by atoms with E-state index < -0.39 is 12.1 Å². The predicted octanol–water partition coefficient (Wildman–Crippen LogP) is 0.588. The van der Waals surface area contributed by atoms with E-state index in [1.165, 1.54) is 11.3 Å². The Morgan fingerprint density at radius 1 is 1.62 bits per heavy atom. The van der Waals surface area contributed by atoms with Crippen LogP contribution in [0.15, 0.2) is 11.6 Å². The second-order valence-electron chi connectivity index (χ2n) is 2.66. The second kappa shape index (κ2) is 2.81. The average Bonchev–Trinajstić information content (AvgIpc) is 2.63. The Morgan fingerprint density at radius 2 is 2.38 bits per heavy atom. The lowest BCUT2D eigenvalue weighted by Crippen LogP contribution is -2.30. The van der Waals surface area contributed by atoms with Gasteiger partial charge in [-0.15, -0.1) is 11.3 Å². The van der Waals surface area contributed by atoms with Crippen molar-refractivity contribution >= 4 is 28.4 Å². The highest BCUT2D eigenvalue weighted by molar-refractivity contribution is 7.14. The molecule has 0 aromatic carbocycles. The number of amides is 3. The molecule has 1 fully saturated rings. The summed E-state index contributed by atoms with van der Waals surface area (Å²) in [6, 6.07) is -0.844. The zero-order valence-corrected chi connectivity index (χ0v) is 7.67.